The van der Waals surface area contributed by atoms with Gasteiger partial charge in [0.15, 0.2) is 11.6 Å². The Bertz CT molecular complexity index is 339. The number of rotatable bonds is 9. The summed E-state index contributed by atoms with van der Waals surface area (Å²) in [6.07, 6.45) is 7.59. The highest BCUT2D eigenvalue weighted by Gasteiger charge is 2.01. The summed E-state index contributed by atoms with van der Waals surface area (Å²) in [5.74, 6) is -1.55. The maximum atomic E-state index is 12.9. The van der Waals surface area contributed by atoms with Crippen molar-refractivity contribution in [1.82, 2.24) is 5.32 Å². The van der Waals surface area contributed by atoms with E-state index < -0.39 is 11.6 Å². The van der Waals surface area contributed by atoms with Crippen molar-refractivity contribution in [3.8, 4) is 0 Å². The van der Waals surface area contributed by atoms with Gasteiger partial charge in [-0.2, -0.15) is 0 Å². The van der Waals surface area contributed by atoms with Crippen LogP contribution in [0.25, 0.3) is 0 Å². The Morgan fingerprint density at radius 2 is 1.67 bits per heavy atom. The number of nitrogens with one attached hydrogen (secondary N) is 1. The Kier molecular flexibility index (Phi) is 7.58. The molecule has 0 fully saturated rings. The van der Waals surface area contributed by atoms with Gasteiger partial charge in [0, 0.05) is 6.54 Å². The normalized spacial score (nSPS) is 10.8. The highest BCUT2D eigenvalue weighted by atomic mass is 19.2. The van der Waals surface area contributed by atoms with E-state index in [0.29, 0.717) is 6.54 Å². The number of halogens is 2. The van der Waals surface area contributed by atoms with E-state index in [2.05, 4.69) is 12.2 Å². The molecule has 0 saturated carbocycles. The number of hydrogen-bond donors (Lipinski definition) is 1. The van der Waals surface area contributed by atoms with Crippen LogP contribution in [0, 0.1) is 11.6 Å². The lowest BCUT2D eigenvalue weighted by atomic mass is 10.1. The molecule has 0 amide bonds. The predicted molar refractivity (Wildman–Crippen MR) is 71.4 cm³/mol. The maximum absolute atomic E-state index is 12.9. The third kappa shape index (κ3) is 6.10. The standard InChI is InChI=1S/C15H23F2N/c1-2-3-4-5-6-7-10-18-12-13-8-9-14(16)15(17)11-13/h8-9,11,18H,2-7,10,12H2,1H3. The average Bonchev–Trinajstić information content (AvgIpc) is 2.37. The van der Waals surface area contributed by atoms with E-state index in [1.54, 1.807) is 6.07 Å². The van der Waals surface area contributed by atoms with Gasteiger partial charge in [-0.3, -0.25) is 0 Å². The summed E-state index contributed by atoms with van der Waals surface area (Å²) in [6.45, 7) is 3.75. The molecular weight excluding hydrogens is 232 g/mol. The molecular formula is C15H23F2N. The molecule has 0 atom stereocenters. The van der Waals surface area contributed by atoms with E-state index in [9.17, 15) is 8.78 Å². The van der Waals surface area contributed by atoms with Gasteiger partial charge in [0.2, 0.25) is 0 Å². The second-order valence-corrected chi connectivity index (χ2v) is 4.69. The van der Waals surface area contributed by atoms with E-state index in [4.69, 9.17) is 0 Å². The van der Waals surface area contributed by atoms with Crippen LogP contribution < -0.4 is 5.32 Å². The van der Waals surface area contributed by atoms with E-state index in [1.807, 2.05) is 0 Å². The fourth-order valence-corrected chi connectivity index (χ4v) is 1.91. The van der Waals surface area contributed by atoms with Gasteiger partial charge in [0.1, 0.15) is 0 Å². The highest BCUT2D eigenvalue weighted by molar-refractivity contribution is 5.17. The van der Waals surface area contributed by atoms with Crippen molar-refractivity contribution in [3.05, 3.63) is 35.4 Å². The zero-order chi connectivity index (χ0) is 13.2. The van der Waals surface area contributed by atoms with Gasteiger partial charge in [-0.1, -0.05) is 45.1 Å². The molecule has 0 aliphatic rings. The van der Waals surface area contributed by atoms with Gasteiger partial charge in [-0.05, 0) is 30.7 Å². The van der Waals surface area contributed by atoms with Gasteiger partial charge in [0.25, 0.3) is 0 Å². The summed E-state index contributed by atoms with van der Waals surface area (Å²) in [5, 5.41) is 3.25. The van der Waals surface area contributed by atoms with Crippen molar-refractivity contribution < 1.29 is 8.78 Å². The number of benzene rings is 1. The molecule has 0 radical (unpaired) electrons. The number of unbranched alkanes of at least 4 members (excludes halogenated alkanes) is 5. The summed E-state index contributed by atoms with van der Waals surface area (Å²) in [5.41, 5.74) is 0.792. The van der Waals surface area contributed by atoms with Crippen LogP contribution in [0.4, 0.5) is 8.78 Å². The van der Waals surface area contributed by atoms with Crippen LogP contribution in [0.3, 0.4) is 0 Å². The minimum atomic E-state index is -0.783. The van der Waals surface area contributed by atoms with Gasteiger partial charge < -0.3 is 5.32 Å². The fraction of sp³-hybridized carbons (Fsp3) is 0.600. The lowest BCUT2D eigenvalue weighted by Crippen LogP contribution is -2.14. The molecule has 0 aliphatic carbocycles. The van der Waals surface area contributed by atoms with Gasteiger partial charge >= 0.3 is 0 Å². The minimum absolute atomic E-state index is 0.603. The maximum Gasteiger partial charge on any atom is 0.159 e. The van der Waals surface area contributed by atoms with Crippen molar-refractivity contribution in [2.75, 3.05) is 6.54 Å². The average molecular weight is 255 g/mol. The first-order chi connectivity index (χ1) is 8.74. The Balaban J connectivity index is 2.05. The summed E-state index contributed by atoms with van der Waals surface area (Å²) in [7, 11) is 0. The molecule has 18 heavy (non-hydrogen) atoms. The largest absolute Gasteiger partial charge is 0.313 e. The molecule has 1 aromatic carbocycles. The second-order valence-electron chi connectivity index (χ2n) is 4.69. The molecule has 0 aromatic heterocycles. The molecule has 1 aromatic rings. The molecule has 0 aliphatic heterocycles. The lowest BCUT2D eigenvalue weighted by Gasteiger charge is -2.05. The summed E-state index contributed by atoms with van der Waals surface area (Å²) >= 11 is 0. The molecule has 0 heterocycles. The fourth-order valence-electron chi connectivity index (χ4n) is 1.91. The monoisotopic (exact) mass is 255 g/mol. The first-order valence-electron chi connectivity index (χ1n) is 6.88. The number of hydrogen-bond acceptors (Lipinski definition) is 1. The minimum Gasteiger partial charge on any atom is -0.313 e. The summed E-state index contributed by atoms with van der Waals surface area (Å²) in [4.78, 5) is 0. The van der Waals surface area contributed by atoms with Crippen molar-refractivity contribution in [2.24, 2.45) is 0 Å². The summed E-state index contributed by atoms with van der Waals surface area (Å²) in [6, 6.07) is 4.05. The smallest absolute Gasteiger partial charge is 0.159 e. The van der Waals surface area contributed by atoms with Crippen molar-refractivity contribution >= 4 is 0 Å². The molecule has 0 spiro atoms. The molecule has 0 saturated heterocycles. The summed E-state index contributed by atoms with van der Waals surface area (Å²) < 4.78 is 25.6. The Labute approximate surface area is 109 Å². The molecule has 1 nitrogen and oxygen atoms in total. The molecule has 3 heteroatoms. The Morgan fingerprint density at radius 1 is 0.944 bits per heavy atom. The Hall–Kier alpha value is -0.960. The highest BCUT2D eigenvalue weighted by Crippen LogP contribution is 2.08. The molecule has 1 N–H and O–H groups in total. The van der Waals surface area contributed by atoms with Gasteiger partial charge in [-0.25, -0.2) is 8.78 Å². The van der Waals surface area contributed by atoms with E-state index >= 15 is 0 Å². The first-order valence-corrected chi connectivity index (χ1v) is 6.88. The molecule has 102 valence electrons. The lowest BCUT2D eigenvalue weighted by molar-refractivity contribution is 0.505. The SMILES string of the molecule is CCCCCCCCNCc1ccc(F)c(F)c1. The van der Waals surface area contributed by atoms with Crippen LogP contribution in [0.1, 0.15) is 51.0 Å². The third-order valence-corrected chi connectivity index (χ3v) is 3.02. The molecule has 0 unspecified atom stereocenters. The zero-order valence-corrected chi connectivity index (χ0v) is 11.1. The quantitative estimate of drug-likeness (QED) is 0.644. The predicted octanol–water partition coefficient (Wildman–Crippen LogP) is 4.41. The third-order valence-electron chi connectivity index (χ3n) is 3.02. The van der Waals surface area contributed by atoms with Gasteiger partial charge in [0.05, 0.1) is 0 Å². The Morgan fingerprint density at radius 3 is 2.39 bits per heavy atom. The van der Waals surface area contributed by atoms with Crippen LogP contribution in [-0.4, -0.2) is 6.54 Å². The van der Waals surface area contributed by atoms with Crippen molar-refractivity contribution in [3.63, 3.8) is 0 Å². The first kappa shape index (κ1) is 15.1. The van der Waals surface area contributed by atoms with E-state index in [1.165, 1.54) is 44.2 Å². The van der Waals surface area contributed by atoms with E-state index in [-0.39, 0.29) is 0 Å². The topological polar surface area (TPSA) is 12.0 Å². The van der Waals surface area contributed by atoms with Crippen LogP contribution in [0.15, 0.2) is 18.2 Å². The van der Waals surface area contributed by atoms with Crippen LogP contribution in [0.5, 0.6) is 0 Å². The molecule has 0 bridgehead atoms. The van der Waals surface area contributed by atoms with E-state index in [0.717, 1.165) is 18.5 Å². The second kappa shape index (κ2) is 9.03. The zero-order valence-electron chi connectivity index (χ0n) is 11.1. The molecule has 1 rings (SSSR count). The van der Waals surface area contributed by atoms with Crippen molar-refractivity contribution in [2.45, 2.75) is 52.0 Å². The van der Waals surface area contributed by atoms with Crippen molar-refractivity contribution in [1.29, 1.82) is 0 Å². The van der Waals surface area contributed by atoms with Crippen LogP contribution in [-0.2, 0) is 6.54 Å². The van der Waals surface area contributed by atoms with Crippen LogP contribution in [0.2, 0.25) is 0 Å². The van der Waals surface area contributed by atoms with Gasteiger partial charge in [-0.15, -0.1) is 0 Å². The van der Waals surface area contributed by atoms with Crippen LogP contribution >= 0.6 is 0 Å².